The Morgan fingerprint density at radius 2 is 1.89 bits per heavy atom. The molecule has 1 heterocycles. The molecule has 9 heteroatoms. The van der Waals surface area contributed by atoms with Crippen molar-refractivity contribution in [2.24, 2.45) is 0 Å². The van der Waals surface area contributed by atoms with Crippen molar-refractivity contribution < 1.29 is 14.3 Å². The number of carbonyl (C=O) groups is 2. The zero-order chi connectivity index (χ0) is 20.8. The van der Waals surface area contributed by atoms with Gasteiger partial charge in [-0.3, -0.25) is 4.79 Å². The van der Waals surface area contributed by atoms with Gasteiger partial charge in [0, 0.05) is 25.7 Å². The summed E-state index contributed by atoms with van der Waals surface area (Å²) in [5.41, 5.74) is 2.02. The number of benzene rings is 1. The summed E-state index contributed by atoms with van der Waals surface area (Å²) in [6, 6.07) is 7.59. The van der Waals surface area contributed by atoms with E-state index in [4.69, 9.17) is 28.6 Å². The summed E-state index contributed by atoms with van der Waals surface area (Å²) in [5.74, 6) is -0.694. The summed E-state index contributed by atoms with van der Waals surface area (Å²) in [7, 11) is 4.63. The number of nitrogens with one attached hydrogen (secondary N) is 2. The van der Waals surface area contributed by atoms with Gasteiger partial charge in [0.05, 0.1) is 17.6 Å². The topological polar surface area (TPSA) is 70.7 Å². The number of hydrogen-bond donors (Lipinski definition) is 2. The Labute approximate surface area is 178 Å². The molecule has 0 bridgehead atoms. The average Bonchev–Trinajstić information content (AvgIpc) is 2.97. The summed E-state index contributed by atoms with van der Waals surface area (Å²) in [4.78, 5) is 26.5. The van der Waals surface area contributed by atoms with Crippen molar-refractivity contribution in [2.45, 2.75) is 13.3 Å². The molecule has 2 rings (SSSR count). The van der Waals surface area contributed by atoms with Gasteiger partial charge in [-0.2, -0.15) is 0 Å². The third kappa shape index (κ3) is 5.43. The third-order valence-corrected chi connectivity index (χ3v) is 5.67. The van der Waals surface area contributed by atoms with E-state index < -0.39 is 5.97 Å². The lowest BCUT2D eigenvalue weighted by Gasteiger charge is -2.10. The van der Waals surface area contributed by atoms with E-state index >= 15 is 0 Å². The van der Waals surface area contributed by atoms with Crippen molar-refractivity contribution in [3.63, 3.8) is 0 Å². The summed E-state index contributed by atoms with van der Waals surface area (Å²) >= 11 is 12.4. The molecule has 0 aliphatic carbocycles. The Bertz CT molecular complexity index is 879. The number of ether oxygens (including phenoxy) is 1. The molecule has 0 aliphatic heterocycles. The lowest BCUT2D eigenvalue weighted by Crippen LogP contribution is -2.30. The summed E-state index contributed by atoms with van der Waals surface area (Å²) in [6.45, 7) is 2.33. The number of methoxy groups -OCH3 is 1. The molecule has 0 unspecified atom stereocenters. The molecule has 28 heavy (non-hydrogen) atoms. The van der Waals surface area contributed by atoms with Crippen LogP contribution in [0.5, 0.6) is 0 Å². The maximum atomic E-state index is 12.4. The molecule has 1 aromatic carbocycles. The van der Waals surface area contributed by atoms with Crippen LogP contribution in [0.3, 0.4) is 0 Å². The Kier molecular flexibility index (Phi) is 7.79. The SMILES string of the molecule is COC(=O)c1c(NC(=S)NCCc2ccc(Cl)cc2)sc(C(=O)N(C)C)c1C. The molecule has 150 valence electrons. The van der Waals surface area contributed by atoms with Crippen molar-refractivity contribution >= 4 is 57.1 Å². The second-order valence-electron chi connectivity index (χ2n) is 6.21. The number of nitrogens with zero attached hydrogens (tertiary/aromatic N) is 1. The molecule has 0 aliphatic rings. The van der Waals surface area contributed by atoms with Gasteiger partial charge in [0.2, 0.25) is 0 Å². The number of carbonyl (C=O) groups excluding carboxylic acids is 2. The van der Waals surface area contributed by atoms with Crippen LogP contribution in [0.15, 0.2) is 24.3 Å². The molecular formula is C19H22ClN3O3S2. The van der Waals surface area contributed by atoms with Crippen molar-refractivity contribution in [3.8, 4) is 0 Å². The smallest absolute Gasteiger partial charge is 0.341 e. The first kappa shape index (κ1) is 22.1. The maximum absolute atomic E-state index is 12.4. The normalized spacial score (nSPS) is 10.3. The first-order valence-corrected chi connectivity index (χ1v) is 10.1. The zero-order valence-electron chi connectivity index (χ0n) is 16.1. The number of thiocarbonyl (C=S) groups is 1. The Morgan fingerprint density at radius 1 is 1.25 bits per heavy atom. The van der Waals surface area contributed by atoms with Crippen LogP contribution in [0.4, 0.5) is 5.00 Å². The standard InChI is InChI=1S/C19H22ClN3O3S2/c1-11-14(18(25)26-4)16(28-15(11)17(24)23(2)3)22-19(27)21-10-9-12-5-7-13(20)8-6-12/h5-8H,9-10H2,1-4H3,(H2,21,22,27). The fraction of sp³-hybridized carbons (Fsp3) is 0.316. The van der Waals surface area contributed by atoms with Gasteiger partial charge >= 0.3 is 5.97 Å². The average molecular weight is 440 g/mol. The third-order valence-electron chi connectivity index (χ3n) is 3.98. The quantitative estimate of drug-likeness (QED) is 0.528. The number of rotatable bonds is 6. The summed E-state index contributed by atoms with van der Waals surface area (Å²) < 4.78 is 4.87. The minimum Gasteiger partial charge on any atom is -0.465 e. The monoisotopic (exact) mass is 439 g/mol. The van der Waals surface area contributed by atoms with Crippen LogP contribution in [0.1, 0.15) is 31.2 Å². The van der Waals surface area contributed by atoms with E-state index in [1.165, 1.54) is 23.3 Å². The van der Waals surface area contributed by atoms with Crippen LogP contribution < -0.4 is 10.6 Å². The highest BCUT2D eigenvalue weighted by molar-refractivity contribution is 7.80. The van der Waals surface area contributed by atoms with Crippen LogP contribution in [0.25, 0.3) is 0 Å². The number of hydrogen-bond acceptors (Lipinski definition) is 5. The molecule has 0 spiro atoms. The zero-order valence-corrected chi connectivity index (χ0v) is 18.5. The predicted octanol–water partition coefficient (Wildman–Crippen LogP) is 3.73. The van der Waals surface area contributed by atoms with Gasteiger partial charge in [-0.15, -0.1) is 11.3 Å². The van der Waals surface area contributed by atoms with E-state index in [0.29, 0.717) is 37.7 Å². The fourth-order valence-electron chi connectivity index (χ4n) is 2.48. The van der Waals surface area contributed by atoms with Crippen molar-refractivity contribution in [1.82, 2.24) is 10.2 Å². The van der Waals surface area contributed by atoms with E-state index in [-0.39, 0.29) is 5.91 Å². The highest BCUT2D eigenvalue weighted by Gasteiger charge is 2.26. The van der Waals surface area contributed by atoms with Gasteiger partial charge in [-0.1, -0.05) is 23.7 Å². The molecule has 1 amide bonds. The van der Waals surface area contributed by atoms with Crippen LogP contribution in [0, 0.1) is 6.92 Å². The minimum atomic E-state index is -0.516. The van der Waals surface area contributed by atoms with Crippen molar-refractivity contribution in [1.29, 1.82) is 0 Å². The fourth-order valence-corrected chi connectivity index (χ4v) is 4.09. The number of thiophene rings is 1. The van der Waals surface area contributed by atoms with Crippen LogP contribution in [-0.4, -0.2) is 49.6 Å². The summed E-state index contributed by atoms with van der Waals surface area (Å²) in [6.07, 6.45) is 0.761. The van der Waals surface area contributed by atoms with Crippen LogP contribution in [-0.2, 0) is 11.2 Å². The predicted molar refractivity (Wildman–Crippen MR) is 118 cm³/mol. The Hall–Kier alpha value is -2.16. The molecule has 0 saturated carbocycles. The highest BCUT2D eigenvalue weighted by Crippen LogP contribution is 2.34. The maximum Gasteiger partial charge on any atom is 0.341 e. The van der Waals surface area contributed by atoms with E-state index in [9.17, 15) is 9.59 Å². The Morgan fingerprint density at radius 3 is 2.46 bits per heavy atom. The van der Waals surface area contributed by atoms with Crippen LogP contribution >= 0.6 is 35.2 Å². The van der Waals surface area contributed by atoms with Crippen molar-refractivity contribution in [2.75, 3.05) is 33.1 Å². The van der Waals surface area contributed by atoms with Gasteiger partial charge in [0.15, 0.2) is 5.11 Å². The minimum absolute atomic E-state index is 0.178. The lowest BCUT2D eigenvalue weighted by molar-refractivity contribution is 0.0601. The Balaban J connectivity index is 2.09. The first-order valence-electron chi connectivity index (χ1n) is 8.47. The lowest BCUT2D eigenvalue weighted by atomic mass is 10.1. The summed E-state index contributed by atoms with van der Waals surface area (Å²) in [5, 5.41) is 7.67. The van der Waals surface area contributed by atoms with E-state index in [0.717, 1.165) is 12.0 Å². The molecule has 2 aromatic rings. The second-order valence-corrected chi connectivity index (χ2v) is 8.07. The molecule has 6 nitrogen and oxygen atoms in total. The molecule has 0 fully saturated rings. The van der Waals surface area contributed by atoms with Gasteiger partial charge < -0.3 is 20.3 Å². The van der Waals surface area contributed by atoms with Gasteiger partial charge in [-0.05, 0) is 48.8 Å². The van der Waals surface area contributed by atoms with Crippen molar-refractivity contribution in [3.05, 3.63) is 50.9 Å². The van der Waals surface area contributed by atoms with Gasteiger partial charge in [0.25, 0.3) is 5.91 Å². The number of anilines is 1. The van der Waals surface area contributed by atoms with Crippen LogP contribution in [0.2, 0.25) is 5.02 Å². The molecule has 0 saturated heterocycles. The number of esters is 1. The first-order chi connectivity index (χ1) is 13.2. The van der Waals surface area contributed by atoms with Gasteiger partial charge in [0.1, 0.15) is 5.00 Å². The van der Waals surface area contributed by atoms with E-state index in [1.54, 1.807) is 21.0 Å². The van der Waals surface area contributed by atoms with E-state index in [2.05, 4.69) is 10.6 Å². The molecule has 0 atom stereocenters. The molecule has 1 aromatic heterocycles. The number of halogens is 1. The molecule has 2 N–H and O–H groups in total. The molecule has 0 radical (unpaired) electrons. The largest absolute Gasteiger partial charge is 0.465 e. The number of amides is 1. The van der Waals surface area contributed by atoms with Gasteiger partial charge in [-0.25, -0.2) is 4.79 Å². The van der Waals surface area contributed by atoms with E-state index in [1.807, 2.05) is 24.3 Å². The highest BCUT2D eigenvalue weighted by atomic mass is 35.5. The second kappa shape index (κ2) is 9.86. The molecular weight excluding hydrogens is 418 g/mol.